The maximum absolute atomic E-state index is 12.6. The van der Waals surface area contributed by atoms with Gasteiger partial charge < -0.3 is 9.84 Å². The van der Waals surface area contributed by atoms with E-state index in [4.69, 9.17) is 4.74 Å². The molecule has 0 radical (unpaired) electrons. The molecule has 152 valence electrons. The van der Waals surface area contributed by atoms with Crippen molar-refractivity contribution >= 4 is 10.8 Å². The van der Waals surface area contributed by atoms with Crippen LogP contribution in [0.3, 0.4) is 0 Å². The van der Waals surface area contributed by atoms with Gasteiger partial charge in [0.05, 0.1) is 30.8 Å². The second-order valence-electron chi connectivity index (χ2n) is 7.35. The van der Waals surface area contributed by atoms with Crippen LogP contribution in [0.4, 0.5) is 0 Å². The summed E-state index contributed by atoms with van der Waals surface area (Å²) in [5.74, 6) is 0. The molecule has 30 heavy (non-hydrogen) atoms. The lowest BCUT2D eigenvalue weighted by Gasteiger charge is -2.22. The van der Waals surface area contributed by atoms with Gasteiger partial charge in [-0.15, -0.1) is 0 Å². The Kier molecular flexibility index (Phi) is 6.02. The fourth-order valence-corrected chi connectivity index (χ4v) is 3.59. The number of aryl methyl sites for hydroxylation is 1. The number of aromatic nitrogens is 2. The highest BCUT2D eigenvalue weighted by atomic mass is 16.5. The first-order chi connectivity index (χ1) is 14.6. The molecule has 0 unspecified atom stereocenters. The number of ether oxygens (including phenoxy) is 1. The third-order valence-electron chi connectivity index (χ3n) is 5.17. The molecule has 0 aliphatic heterocycles. The minimum absolute atomic E-state index is 0.0684. The zero-order chi connectivity index (χ0) is 20.9. The summed E-state index contributed by atoms with van der Waals surface area (Å²) in [6.07, 6.45) is 0.472. The Labute approximate surface area is 175 Å². The van der Waals surface area contributed by atoms with Crippen LogP contribution in [0.15, 0.2) is 89.9 Å². The third kappa shape index (κ3) is 4.32. The lowest BCUT2D eigenvalue weighted by Crippen LogP contribution is -2.31. The molecule has 0 amide bonds. The molecule has 5 heteroatoms. The second-order valence-corrected chi connectivity index (χ2v) is 7.35. The standard InChI is InChI=1S/C25H24N2O3/c1-18-9-5-7-13-22(18)24(19-10-3-2-4-11-19)30-17-21(28)16-27-25(29)23-14-8-6-12-20(23)15-26-27/h2-15,21,24,28H,16-17H2,1H3/t21-,24-/m0/s1. The van der Waals surface area contributed by atoms with E-state index in [0.717, 1.165) is 22.1 Å². The highest BCUT2D eigenvalue weighted by molar-refractivity contribution is 5.80. The molecule has 5 nitrogen and oxygen atoms in total. The van der Waals surface area contributed by atoms with Gasteiger partial charge in [0.1, 0.15) is 6.10 Å². The van der Waals surface area contributed by atoms with E-state index >= 15 is 0 Å². The molecule has 2 atom stereocenters. The Morgan fingerprint density at radius 3 is 2.47 bits per heavy atom. The summed E-state index contributed by atoms with van der Waals surface area (Å²) in [7, 11) is 0. The Morgan fingerprint density at radius 1 is 0.967 bits per heavy atom. The molecule has 0 saturated carbocycles. The van der Waals surface area contributed by atoms with Crippen LogP contribution in [0.25, 0.3) is 10.8 Å². The van der Waals surface area contributed by atoms with Crippen LogP contribution in [0.2, 0.25) is 0 Å². The van der Waals surface area contributed by atoms with Crippen LogP contribution in [-0.4, -0.2) is 27.6 Å². The first-order valence-corrected chi connectivity index (χ1v) is 9.98. The van der Waals surface area contributed by atoms with E-state index in [1.54, 1.807) is 12.3 Å². The minimum atomic E-state index is -0.869. The quantitative estimate of drug-likeness (QED) is 0.511. The molecule has 0 spiro atoms. The molecule has 1 aromatic heterocycles. The molecular formula is C25H24N2O3. The summed E-state index contributed by atoms with van der Waals surface area (Å²) in [6.45, 7) is 2.19. The molecule has 0 fully saturated rings. The fourth-order valence-electron chi connectivity index (χ4n) is 3.59. The van der Waals surface area contributed by atoms with Crippen molar-refractivity contribution in [3.05, 3.63) is 112 Å². The number of nitrogens with zero attached hydrogens (tertiary/aromatic N) is 2. The lowest BCUT2D eigenvalue weighted by molar-refractivity contribution is -0.00258. The fraction of sp³-hybridized carbons (Fsp3) is 0.200. The first-order valence-electron chi connectivity index (χ1n) is 9.98. The highest BCUT2D eigenvalue weighted by Crippen LogP contribution is 2.28. The van der Waals surface area contributed by atoms with Gasteiger partial charge in [0, 0.05) is 5.39 Å². The zero-order valence-corrected chi connectivity index (χ0v) is 16.8. The Hall–Kier alpha value is -3.28. The summed E-state index contributed by atoms with van der Waals surface area (Å²) < 4.78 is 7.46. The average Bonchev–Trinajstić information content (AvgIpc) is 2.78. The summed E-state index contributed by atoms with van der Waals surface area (Å²) in [5, 5.41) is 16.2. The van der Waals surface area contributed by atoms with Gasteiger partial charge in [0.2, 0.25) is 0 Å². The highest BCUT2D eigenvalue weighted by Gasteiger charge is 2.19. The predicted octanol–water partition coefficient (Wildman–Crippen LogP) is 3.87. The summed E-state index contributed by atoms with van der Waals surface area (Å²) in [4.78, 5) is 12.6. The van der Waals surface area contributed by atoms with Crippen molar-refractivity contribution in [1.82, 2.24) is 9.78 Å². The normalized spacial score (nSPS) is 13.3. The van der Waals surface area contributed by atoms with Crippen LogP contribution in [0.5, 0.6) is 0 Å². The zero-order valence-electron chi connectivity index (χ0n) is 16.8. The molecule has 0 bridgehead atoms. The smallest absolute Gasteiger partial charge is 0.274 e. The SMILES string of the molecule is Cc1ccccc1[C@@H](OC[C@@H](O)Cn1ncc2ccccc2c1=O)c1ccccc1. The number of hydrogen-bond donors (Lipinski definition) is 1. The van der Waals surface area contributed by atoms with E-state index in [2.05, 4.69) is 5.10 Å². The van der Waals surface area contributed by atoms with Crippen molar-refractivity contribution in [2.45, 2.75) is 25.7 Å². The van der Waals surface area contributed by atoms with E-state index in [0.29, 0.717) is 5.39 Å². The maximum atomic E-state index is 12.6. The predicted molar refractivity (Wildman–Crippen MR) is 117 cm³/mol. The van der Waals surface area contributed by atoms with Crippen LogP contribution in [0, 0.1) is 6.92 Å². The molecule has 0 aliphatic rings. The molecule has 1 N–H and O–H groups in total. The van der Waals surface area contributed by atoms with E-state index < -0.39 is 6.10 Å². The number of rotatable bonds is 7. The van der Waals surface area contributed by atoms with E-state index in [9.17, 15) is 9.90 Å². The number of fused-ring (bicyclic) bond motifs is 1. The average molecular weight is 400 g/mol. The van der Waals surface area contributed by atoms with Crippen LogP contribution >= 0.6 is 0 Å². The maximum Gasteiger partial charge on any atom is 0.274 e. The topological polar surface area (TPSA) is 64.3 Å². The van der Waals surface area contributed by atoms with Gasteiger partial charge in [-0.3, -0.25) is 4.79 Å². The molecule has 3 aromatic carbocycles. The monoisotopic (exact) mass is 400 g/mol. The molecule has 4 rings (SSSR count). The van der Waals surface area contributed by atoms with Crippen molar-refractivity contribution in [2.24, 2.45) is 0 Å². The Balaban J connectivity index is 1.52. The summed E-state index contributed by atoms with van der Waals surface area (Å²) in [5.41, 5.74) is 2.97. The van der Waals surface area contributed by atoms with Gasteiger partial charge in [0.25, 0.3) is 5.56 Å². The molecular weight excluding hydrogens is 376 g/mol. The van der Waals surface area contributed by atoms with E-state index in [1.807, 2.05) is 79.7 Å². The van der Waals surface area contributed by atoms with E-state index in [-0.39, 0.29) is 24.8 Å². The van der Waals surface area contributed by atoms with Crippen molar-refractivity contribution in [2.75, 3.05) is 6.61 Å². The summed E-state index contributed by atoms with van der Waals surface area (Å²) in [6, 6.07) is 25.3. The van der Waals surface area contributed by atoms with Gasteiger partial charge in [-0.25, -0.2) is 4.68 Å². The first kappa shape index (κ1) is 20.0. The van der Waals surface area contributed by atoms with Crippen molar-refractivity contribution in [3.63, 3.8) is 0 Å². The van der Waals surface area contributed by atoms with Crippen LogP contribution < -0.4 is 5.56 Å². The Morgan fingerprint density at radius 2 is 1.67 bits per heavy atom. The van der Waals surface area contributed by atoms with Crippen molar-refractivity contribution in [3.8, 4) is 0 Å². The molecule has 0 saturated heterocycles. The van der Waals surface area contributed by atoms with Gasteiger partial charge in [-0.05, 0) is 29.7 Å². The van der Waals surface area contributed by atoms with Gasteiger partial charge >= 0.3 is 0 Å². The molecule has 1 heterocycles. The van der Waals surface area contributed by atoms with Crippen LogP contribution in [0.1, 0.15) is 22.8 Å². The van der Waals surface area contributed by atoms with Gasteiger partial charge in [-0.1, -0.05) is 72.8 Å². The molecule has 0 aliphatic carbocycles. The molecule has 4 aromatic rings. The van der Waals surface area contributed by atoms with Gasteiger partial charge in [0.15, 0.2) is 0 Å². The van der Waals surface area contributed by atoms with E-state index in [1.165, 1.54) is 4.68 Å². The number of aliphatic hydroxyl groups excluding tert-OH is 1. The van der Waals surface area contributed by atoms with Crippen molar-refractivity contribution < 1.29 is 9.84 Å². The van der Waals surface area contributed by atoms with Crippen LogP contribution in [-0.2, 0) is 11.3 Å². The minimum Gasteiger partial charge on any atom is -0.389 e. The Bertz CT molecular complexity index is 1190. The van der Waals surface area contributed by atoms with Crippen molar-refractivity contribution in [1.29, 1.82) is 0 Å². The third-order valence-corrected chi connectivity index (χ3v) is 5.17. The summed E-state index contributed by atoms with van der Waals surface area (Å²) >= 11 is 0. The lowest BCUT2D eigenvalue weighted by atomic mass is 9.97. The number of hydrogen-bond acceptors (Lipinski definition) is 4. The number of benzene rings is 3. The second kappa shape index (κ2) is 9.03. The number of aliphatic hydroxyl groups is 1. The van der Waals surface area contributed by atoms with Gasteiger partial charge in [-0.2, -0.15) is 5.10 Å². The largest absolute Gasteiger partial charge is 0.389 e.